The number of rotatable bonds is 0. The van der Waals surface area contributed by atoms with Crippen molar-refractivity contribution in [2.75, 3.05) is 11.5 Å². The number of hydrogen-bond donors (Lipinski definition) is 1. The number of amides is 2. The quantitative estimate of drug-likeness (QED) is 0.502. The van der Waals surface area contributed by atoms with Gasteiger partial charge in [-0.1, -0.05) is 19.4 Å². The molecule has 2 rings (SSSR count). The molecule has 2 saturated heterocycles. The summed E-state index contributed by atoms with van der Waals surface area (Å²) in [4.78, 5) is 22.6. The first-order valence-corrected chi connectivity index (χ1v) is 6.26. The molecule has 3 nitrogen and oxygen atoms in total. The molecule has 2 aliphatic heterocycles. The fourth-order valence-corrected chi connectivity index (χ4v) is 3.38. The summed E-state index contributed by atoms with van der Waals surface area (Å²) in [6, 6.07) is 0. The van der Waals surface area contributed by atoms with Gasteiger partial charge in [0.1, 0.15) is 0 Å². The van der Waals surface area contributed by atoms with Crippen molar-refractivity contribution in [3.63, 3.8) is 0 Å². The Kier molecular flexibility index (Phi) is 2.63. The molecule has 4 heteroatoms. The molecule has 0 saturated carbocycles. The summed E-state index contributed by atoms with van der Waals surface area (Å²) in [7, 11) is 0. The Balaban J connectivity index is 2.25. The van der Waals surface area contributed by atoms with E-state index in [-0.39, 0.29) is 23.7 Å². The largest absolute Gasteiger partial charge is 0.292 e. The van der Waals surface area contributed by atoms with E-state index >= 15 is 0 Å². The van der Waals surface area contributed by atoms with E-state index in [1.807, 2.05) is 11.8 Å². The highest BCUT2D eigenvalue weighted by Gasteiger charge is 2.32. The summed E-state index contributed by atoms with van der Waals surface area (Å²) in [6.45, 7) is 4.41. The van der Waals surface area contributed by atoms with Crippen LogP contribution in [-0.4, -0.2) is 23.3 Å². The van der Waals surface area contributed by atoms with Crippen LogP contribution in [-0.2, 0) is 9.59 Å². The Bertz CT molecular complexity index is 358. The van der Waals surface area contributed by atoms with E-state index in [0.29, 0.717) is 0 Å². The van der Waals surface area contributed by atoms with Crippen LogP contribution < -0.4 is 5.32 Å². The van der Waals surface area contributed by atoms with Crippen molar-refractivity contribution in [2.24, 2.45) is 5.41 Å². The molecule has 0 bridgehead atoms. The number of carbonyl (C=O) groups is 2. The predicted molar refractivity (Wildman–Crippen MR) is 60.5 cm³/mol. The van der Waals surface area contributed by atoms with Crippen LogP contribution in [0.3, 0.4) is 0 Å². The minimum atomic E-state index is -0.173. The van der Waals surface area contributed by atoms with Crippen LogP contribution in [0, 0.1) is 5.41 Å². The topological polar surface area (TPSA) is 46.2 Å². The zero-order valence-corrected chi connectivity index (χ0v) is 9.87. The minimum absolute atomic E-state index is 0.157. The van der Waals surface area contributed by atoms with Gasteiger partial charge in [0.25, 0.3) is 5.91 Å². The Labute approximate surface area is 93.7 Å². The Morgan fingerprint density at radius 1 is 1.33 bits per heavy atom. The zero-order valence-electron chi connectivity index (χ0n) is 9.05. The number of carbonyl (C=O) groups excluding carboxylic acids is 2. The van der Waals surface area contributed by atoms with E-state index in [9.17, 15) is 9.59 Å². The first-order chi connectivity index (χ1) is 6.98. The van der Waals surface area contributed by atoms with Crippen LogP contribution in [0.5, 0.6) is 0 Å². The van der Waals surface area contributed by atoms with Crippen LogP contribution in [0.2, 0.25) is 0 Å². The molecule has 0 spiro atoms. The zero-order chi connectivity index (χ0) is 11.1. The fourth-order valence-electron chi connectivity index (χ4n) is 2.10. The lowest BCUT2D eigenvalue weighted by Crippen LogP contribution is -2.24. The van der Waals surface area contributed by atoms with Crippen LogP contribution in [0.25, 0.3) is 0 Å². The molecule has 0 aromatic rings. The van der Waals surface area contributed by atoms with Gasteiger partial charge in [-0.2, -0.15) is 11.8 Å². The lowest BCUT2D eigenvalue weighted by molar-refractivity contribution is -0.124. The van der Waals surface area contributed by atoms with Crippen molar-refractivity contribution in [1.82, 2.24) is 5.32 Å². The van der Waals surface area contributed by atoms with Crippen molar-refractivity contribution in [2.45, 2.75) is 26.7 Å². The lowest BCUT2D eigenvalue weighted by atomic mass is 9.85. The van der Waals surface area contributed by atoms with E-state index in [1.54, 1.807) is 0 Å². The van der Waals surface area contributed by atoms with Crippen LogP contribution in [0.1, 0.15) is 26.7 Å². The third-order valence-corrected chi connectivity index (χ3v) is 4.29. The molecule has 0 aliphatic carbocycles. The van der Waals surface area contributed by atoms with Crippen molar-refractivity contribution in [1.29, 1.82) is 0 Å². The molecule has 1 N–H and O–H groups in total. The minimum Gasteiger partial charge on any atom is -0.292 e. The molecule has 2 aliphatic rings. The smallest absolute Gasteiger partial charge is 0.254 e. The van der Waals surface area contributed by atoms with Gasteiger partial charge in [0, 0.05) is 11.3 Å². The fraction of sp³-hybridized carbons (Fsp3) is 0.636. The van der Waals surface area contributed by atoms with Crippen molar-refractivity contribution < 1.29 is 9.59 Å². The highest BCUT2D eigenvalue weighted by Crippen LogP contribution is 2.38. The highest BCUT2D eigenvalue weighted by atomic mass is 32.2. The highest BCUT2D eigenvalue weighted by molar-refractivity contribution is 7.99. The first kappa shape index (κ1) is 10.7. The molecule has 0 aromatic heterocycles. The van der Waals surface area contributed by atoms with E-state index in [2.05, 4.69) is 19.2 Å². The van der Waals surface area contributed by atoms with Crippen LogP contribution in [0.4, 0.5) is 0 Å². The number of nitrogens with one attached hydrogen (secondary N) is 1. The van der Waals surface area contributed by atoms with E-state index in [1.165, 1.54) is 5.57 Å². The number of hydrogen-bond acceptors (Lipinski definition) is 3. The Hall–Kier alpha value is -0.770. The molecule has 2 amide bonds. The second-order valence-corrected chi connectivity index (χ2v) is 5.96. The van der Waals surface area contributed by atoms with Gasteiger partial charge < -0.3 is 0 Å². The summed E-state index contributed by atoms with van der Waals surface area (Å²) < 4.78 is 0. The maximum atomic E-state index is 11.5. The van der Waals surface area contributed by atoms with Gasteiger partial charge in [-0.3, -0.25) is 14.9 Å². The van der Waals surface area contributed by atoms with Crippen LogP contribution >= 0.6 is 11.8 Å². The molecular formula is C11H15NO2S. The van der Waals surface area contributed by atoms with Gasteiger partial charge in [0.15, 0.2) is 0 Å². The normalized spacial score (nSPS) is 30.5. The molecule has 15 heavy (non-hydrogen) atoms. The second kappa shape index (κ2) is 3.67. The SMILES string of the molecule is CC1(C)CSCC(=C2CC(=O)NC2=O)C1. The number of thioether (sulfide) groups is 1. The Morgan fingerprint density at radius 2 is 2.07 bits per heavy atom. The molecule has 0 atom stereocenters. The van der Waals surface area contributed by atoms with Crippen LogP contribution in [0.15, 0.2) is 11.1 Å². The summed E-state index contributed by atoms with van der Waals surface area (Å²) >= 11 is 1.85. The van der Waals surface area contributed by atoms with Gasteiger partial charge in [-0.05, 0) is 17.6 Å². The maximum absolute atomic E-state index is 11.5. The third-order valence-electron chi connectivity index (χ3n) is 2.75. The van der Waals surface area contributed by atoms with Crippen molar-refractivity contribution in [3.05, 3.63) is 11.1 Å². The summed E-state index contributed by atoms with van der Waals surface area (Å²) in [5.74, 6) is 1.70. The van der Waals surface area contributed by atoms with E-state index in [4.69, 9.17) is 0 Å². The van der Waals surface area contributed by atoms with Crippen molar-refractivity contribution in [3.8, 4) is 0 Å². The van der Waals surface area contributed by atoms with E-state index in [0.717, 1.165) is 23.5 Å². The first-order valence-electron chi connectivity index (χ1n) is 5.11. The average molecular weight is 225 g/mol. The molecule has 0 radical (unpaired) electrons. The summed E-state index contributed by atoms with van der Waals surface area (Å²) in [6.07, 6.45) is 1.22. The third kappa shape index (κ3) is 2.25. The predicted octanol–water partition coefficient (Wildman–Crippen LogP) is 1.49. The second-order valence-electron chi connectivity index (χ2n) is 4.97. The van der Waals surface area contributed by atoms with Crippen molar-refractivity contribution >= 4 is 23.6 Å². The molecule has 82 valence electrons. The van der Waals surface area contributed by atoms with Gasteiger partial charge in [0.2, 0.25) is 5.91 Å². The molecule has 2 heterocycles. The summed E-state index contributed by atoms with van der Waals surface area (Å²) in [5.41, 5.74) is 2.14. The van der Waals surface area contributed by atoms with Gasteiger partial charge >= 0.3 is 0 Å². The average Bonchev–Trinajstić information content (AvgIpc) is 2.43. The Morgan fingerprint density at radius 3 is 2.60 bits per heavy atom. The standard InChI is InChI=1S/C11H15NO2S/c1-11(2)4-7(5-15-6-11)8-3-9(13)12-10(8)14/h3-6H2,1-2H3,(H,12,13,14). The van der Waals surface area contributed by atoms with Gasteiger partial charge in [-0.15, -0.1) is 0 Å². The van der Waals surface area contributed by atoms with E-state index < -0.39 is 0 Å². The number of imide groups is 1. The summed E-state index contributed by atoms with van der Waals surface area (Å²) in [5, 5.41) is 2.35. The molecule has 0 aromatic carbocycles. The lowest BCUT2D eigenvalue weighted by Gasteiger charge is -2.31. The molecular weight excluding hydrogens is 210 g/mol. The van der Waals surface area contributed by atoms with Gasteiger partial charge in [0.05, 0.1) is 6.42 Å². The molecule has 0 unspecified atom stereocenters. The molecule has 2 fully saturated rings. The maximum Gasteiger partial charge on any atom is 0.254 e. The van der Waals surface area contributed by atoms with Gasteiger partial charge in [-0.25, -0.2) is 0 Å². The monoisotopic (exact) mass is 225 g/mol.